The van der Waals surface area contributed by atoms with E-state index in [4.69, 9.17) is 4.84 Å². The number of aliphatic hydroxyl groups excluding tert-OH is 1. The Morgan fingerprint density at radius 1 is 1.07 bits per heavy atom. The number of nitrogens with zero attached hydrogens (tertiary/aromatic N) is 3. The molecule has 1 amide bonds. The maximum absolute atomic E-state index is 13.2. The van der Waals surface area contributed by atoms with Crippen molar-refractivity contribution in [3.8, 4) is 0 Å². The number of likely N-dealkylation sites (N-methyl/N-ethyl adjacent to an activating group) is 1. The van der Waals surface area contributed by atoms with Crippen LogP contribution in [0.5, 0.6) is 0 Å². The lowest BCUT2D eigenvalue weighted by Gasteiger charge is -2.58. The van der Waals surface area contributed by atoms with Crippen LogP contribution in [0, 0.1) is 34.5 Å². The normalized spacial score (nSPS) is 39.4. The number of carbonyl (C=O) groups is 2. The molecule has 0 aromatic rings. The monoisotopic (exact) mass is 556 g/mol. The highest BCUT2D eigenvalue weighted by atomic mass is 16.7. The van der Waals surface area contributed by atoms with Crippen LogP contribution >= 0.6 is 0 Å². The van der Waals surface area contributed by atoms with Crippen LogP contribution in [0.25, 0.3) is 0 Å². The Morgan fingerprint density at radius 2 is 1.88 bits per heavy atom. The minimum Gasteiger partial charge on any atom is -0.391 e. The second-order valence-electron chi connectivity index (χ2n) is 14.2. The van der Waals surface area contributed by atoms with Crippen LogP contribution < -0.4 is 5.32 Å². The lowest BCUT2D eigenvalue weighted by Crippen LogP contribution is -2.51. The number of carbonyl (C=O) groups excluding carboxylic acids is 2. The zero-order chi connectivity index (χ0) is 28.7. The number of allylic oxidation sites excluding steroid dienone is 1. The summed E-state index contributed by atoms with van der Waals surface area (Å²) in [6, 6.07) is 0.0214. The van der Waals surface area contributed by atoms with E-state index in [0.717, 1.165) is 44.5 Å². The molecule has 1 saturated heterocycles. The van der Waals surface area contributed by atoms with Crippen LogP contribution in [0.3, 0.4) is 0 Å². The van der Waals surface area contributed by atoms with Crippen molar-refractivity contribution in [2.24, 2.45) is 39.7 Å². The summed E-state index contributed by atoms with van der Waals surface area (Å²) in [6.45, 7) is 9.61. The SMILES string of the molecule is C/C(=N\OC(=O)N(CCC1NCCC1O)CCN(C)C)[C@H]1CC[C@H]2[C@@H]3CCC4=CC(=O)CC[C@]4(C)[C@H]3CC[C@]12C. The molecule has 2 unspecified atom stereocenters. The number of ketones is 1. The van der Waals surface area contributed by atoms with E-state index in [-0.39, 0.29) is 23.0 Å². The molecule has 224 valence electrons. The van der Waals surface area contributed by atoms with Gasteiger partial charge in [0.1, 0.15) is 0 Å². The molecule has 8 heteroatoms. The highest BCUT2D eigenvalue weighted by Crippen LogP contribution is 2.66. The van der Waals surface area contributed by atoms with E-state index in [1.165, 1.54) is 31.3 Å². The number of nitrogens with one attached hydrogen (secondary N) is 1. The van der Waals surface area contributed by atoms with Gasteiger partial charge in [0.2, 0.25) is 0 Å². The molecule has 4 fully saturated rings. The summed E-state index contributed by atoms with van der Waals surface area (Å²) < 4.78 is 0. The fraction of sp³-hybridized carbons (Fsp3) is 0.844. The number of aliphatic hydroxyl groups is 1. The van der Waals surface area contributed by atoms with E-state index >= 15 is 0 Å². The Morgan fingerprint density at radius 3 is 2.60 bits per heavy atom. The average Bonchev–Trinajstić information content (AvgIpc) is 3.49. The molecular formula is C32H52N4O4. The maximum Gasteiger partial charge on any atom is 0.436 e. The van der Waals surface area contributed by atoms with Gasteiger partial charge < -0.3 is 20.2 Å². The summed E-state index contributed by atoms with van der Waals surface area (Å²) in [5.74, 6) is 2.69. The van der Waals surface area contributed by atoms with Gasteiger partial charge in [-0.15, -0.1) is 0 Å². The van der Waals surface area contributed by atoms with Gasteiger partial charge in [0, 0.05) is 38.0 Å². The van der Waals surface area contributed by atoms with Gasteiger partial charge in [-0.3, -0.25) is 9.63 Å². The number of hydrogen-bond acceptors (Lipinski definition) is 7. The first-order valence-electron chi connectivity index (χ1n) is 15.8. The highest BCUT2D eigenvalue weighted by molar-refractivity contribution is 5.91. The molecule has 0 radical (unpaired) electrons. The standard InChI is InChI=1S/C32H52N4O4/c1-21(34-40-30(39)36(19-18-35(4)5)17-13-28-29(38)12-16-33-28)25-8-9-26-24-7-6-22-20-23(37)10-14-31(22,2)27(24)11-15-32(25,26)3/h20,24-29,33,38H,6-19H2,1-5H3/b34-21+/t24-,25+,26-,27-,28?,29?,31-,32+/m0/s1. The lowest BCUT2D eigenvalue weighted by molar-refractivity contribution is -0.117. The van der Waals surface area contributed by atoms with Crippen LogP contribution in [0.15, 0.2) is 16.8 Å². The molecule has 1 heterocycles. The van der Waals surface area contributed by atoms with Crippen LogP contribution in [-0.2, 0) is 9.63 Å². The second-order valence-corrected chi connectivity index (χ2v) is 14.2. The van der Waals surface area contributed by atoms with E-state index < -0.39 is 6.09 Å². The van der Waals surface area contributed by atoms with Crippen LogP contribution in [0.1, 0.15) is 85.0 Å². The quantitative estimate of drug-likeness (QED) is 0.257. The van der Waals surface area contributed by atoms with Gasteiger partial charge in [-0.05, 0) is 120 Å². The predicted octanol–water partition coefficient (Wildman–Crippen LogP) is 4.62. The first kappa shape index (κ1) is 29.7. The van der Waals surface area contributed by atoms with Gasteiger partial charge in [0.15, 0.2) is 5.78 Å². The molecule has 3 saturated carbocycles. The Hall–Kier alpha value is -1.77. The third-order valence-electron chi connectivity index (χ3n) is 11.8. The zero-order valence-electron chi connectivity index (χ0n) is 25.5. The van der Waals surface area contributed by atoms with Crippen molar-refractivity contribution in [3.05, 3.63) is 11.6 Å². The van der Waals surface area contributed by atoms with Crippen molar-refractivity contribution in [3.63, 3.8) is 0 Å². The number of oxime groups is 1. The van der Waals surface area contributed by atoms with Crippen molar-refractivity contribution in [1.82, 2.24) is 15.1 Å². The Bertz CT molecular complexity index is 1030. The summed E-state index contributed by atoms with van der Waals surface area (Å²) >= 11 is 0. The smallest absolute Gasteiger partial charge is 0.391 e. The lowest BCUT2D eigenvalue weighted by atomic mass is 9.46. The Labute approximate surface area is 240 Å². The zero-order valence-corrected chi connectivity index (χ0v) is 25.5. The van der Waals surface area contributed by atoms with Gasteiger partial charge in [-0.2, -0.15) is 0 Å². The summed E-state index contributed by atoms with van der Waals surface area (Å²) in [5, 5.41) is 18.0. The van der Waals surface area contributed by atoms with E-state index in [2.05, 4.69) is 36.1 Å². The molecule has 5 aliphatic rings. The molecule has 40 heavy (non-hydrogen) atoms. The highest BCUT2D eigenvalue weighted by Gasteiger charge is 2.59. The Balaban J connectivity index is 1.23. The van der Waals surface area contributed by atoms with E-state index in [0.29, 0.717) is 55.4 Å². The molecule has 0 aromatic carbocycles. The third-order valence-corrected chi connectivity index (χ3v) is 11.8. The van der Waals surface area contributed by atoms with Crippen LogP contribution in [0.4, 0.5) is 4.79 Å². The molecule has 0 bridgehead atoms. The predicted molar refractivity (Wildman–Crippen MR) is 157 cm³/mol. The number of fused-ring (bicyclic) bond motifs is 5. The summed E-state index contributed by atoms with van der Waals surface area (Å²) in [6.07, 6.45) is 11.4. The molecule has 2 N–H and O–H groups in total. The maximum atomic E-state index is 13.2. The number of rotatable bonds is 8. The summed E-state index contributed by atoms with van der Waals surface area (Å²) in [4.78, 5) is 34.7. The first-order valence-corrected chi connectivity index (χ1v) is 15.8. The van der Waals surface area contributed by atoms with Crippen molar-refractivity contribution in [2.45, 2.75) is 97.1 Å². The second kappa shape index (κ2) is 11.8. The number of hydrogen-bond donors (Lipinski definition) is 2. The fourth-order valence-electron chi connectivity index (χ4n) is 9.44. The first-order chi connectivity index (χ1) is 19.0. The minimum atomic E-state index is -0.400. The van der Waals surface area contributed by atoms with Crippen molar-refractivity contribution in [1.29, 1.82) is 0 Å². The molecule has 8 nitrogen and oxygen atoms in total. The van der Waals surface area contributed by atoms with Crippen LogP contribution in [-0.4, -0.2) is 84.9 Å². The summed E-state index contributed by atoms with van der Waals surface area (Å²) in [5.41, 5.74) is 2.74. The van der Waals surface area contributed by atoms with Gasteiger partial charge in [0.05, 0.1) is 11.8 Å². The van der Waals surface area contributed by atoms with Gasteiger partial charge in [0.25, 0.3) is 0 Å². The van der Waals surface area contributed by atoms with E-state index in [9.17, 15) is 14.7 Å². The summed E-state index contributed by atoms with van der Waals surface area (Å²) in [7, 11) is 4.00. The van der Waals surface area contributed by atoms with Gasteiger partial charge >= 0.3 is 6.09 Å². The third kappa shape index (κ3) is 5.65. The molecule has 8 atom stereocenters. The fourth-order valence-corrected chi connectivity index (χ4v) is 9.44. The molecule has 0 aromatic heterocycles. The topological polar surface area (TPSA) is 94.5 Å². The van der Waals surface area contributed by atoms with E-state index in [1.807, 2.05) is 20.2 Å². The largest absolute Gasteiger partial charge is 0.436 e. The molecule has 4 aliphatic carbocycles. The van der Waals surface area contributed by atoms with Crippen molar-refractivity contribution in [2.75, 3.05) is 40.3 Å². The van der Waals surface area contributed by atoms with E-state index in [1.54, 1.807) is 4.90 Å². The Kier molecular flexibility index (Phi) is 8.80. The molecule has 1 aliphatic heterocycles. The average molecular weight is 557 g/mol. The van der Waals surface area contributed by atoms with Gasteiger partial charge in [-0.25, -0.2) is 4.79 Å². The molecule has 5 rings (SSSR count). The van der Waals surface area contributed by atoms with Crippen LogP contribution in [0.2, 0.25) is 0 Å². The number of amides is 1. The minimum absolute atomic E-state index is 0.0214. The molecule has 0 spiro atoms. The molecular weight excluding hydrogens is 504 g/mol. The van der Waals surface area contributed by atoms with Gasteiger partial charge in [-0.1, -0.05) is 24.6 Å². The van der Waals surface area contributed by atoms with Crippen molar-refractivity contribution >= 4 is 17.6 Å². The van der Waals surface area contributed by atoms with Crippen molar-refractivity contribution < 1.29 is 19.5 Å².